The second kappa shape index (κ2) is 5.40. The third-order valence-electron chi connectivity index (χ3n) is 2.82. The van der Waals surface area contributed by atoms with E-state index in [4.69, 9.17) is 5.11 Å². The highest BCUT2D eigenvalue weighted by Gasteiger charge is 2.07. The summed E-state index contributed by atoms with van der Waals surface area (Å²) >= 11 is 0. The summed E-state index contributed by atoms with van der Waals surface area (Å²) in [7, 11) is 0. The number of aromatic carboxylic acids is 1. The molecule has 1 aromatic heterocycles. The lowest BCUT2D eigenvalue weighted by Gasteiger charge is -2.05. The normalized spacial score (nSPS) is 10.3. The topological polar surface area (TPSA) is 63.1 Å². The molecule has 0 bridgehead atoms. The minimum Gasteiger partial charge on any atom is -0.475 e. The molecular formula is C14H14N2O2. The van der Waals surface area contributed by atoms with E-state index in [9.17, 15) is 4.79 Å². The largest absolute Gasteiger partial charge is 0.475 e. The summed E-state index contributed by atoms with van der Waals surface area (Å²) in [6, 6.07) is 9.91. The van der Waals surface area contributed by atoms with Gasteiger partial charge in [-0.05, 0) is 37.0 Å². The molecule has 0 saturated carbocycles. The second-order valence-corrected chi connectivity index (χ2v) is 4.10. The molecule has 92 valence electrons. The van der Waals surface area contributed by atoms with Crippen molar-refractivity contribution < 1.29 is 9.90 Å². The molecule has 0 amide bonds. The van der Waals surface area contributed by atoms with Crippen molar-refractivity contribution in [3.05, 3.63) is 59.2 Å². The maximum Gasteiger partial charge on any atom is 0.373 e. The molecule has 1 aromatic carbocycles. The third kappa shape index (κ3) is 2.91. The highest BCUT2D eigenvalue weighted by molar-refractivity contribution is 5.82. The Kier molecular flexibility index (Phi) is 3.67. The first-order chi connectivity index (χ1) is 8.66. The number of rotatable bonds is 4. The van der Waals surface area contributed by atoms with Gasteiger partial charge in [0.2, 0.25) is 5.82 Å². The molecule has 0 saturated heterocycles. The van der Waals surface area contributed by atoms with Crippen molar-refractivity contribution in [3.63, 3.8) is 0 Å². The van der Waals surface area contributed by atoms with E-state index in [1.54, 1.807) is 6.07 Å². The van der Waals surface area contributed by atoms with Crippen molar-refractivity contribution >= 4 is 5.97 Å². The average molecular weight is 242 g/mol. The van der Waals surface area contributed by atoms with Crippen LogP contribution in [0, 0.1) is 6.92 Å². The molecule has 0 unspecified atom stereocenters. The number of aromatic nitrogens is 2. The summed E-state index contributed by atoms with van der Waals surface area (Å²) < 4.78 is 0. The highest BCUT2D eigenvalue weighted by Crippen LogP contribution is 2.10. The fourth-order valence-corrected chi connectivity index (χ4v) is 1.79. The molecule has 1 N–H and O–H groups in total. The van der Waals surface area contributed by atoms with Crippen molar-refractivity contribution in [1.29, 1.82) is 0 Å². The van der Waals surface area contributed by atoms with Crippen LogP contribution in [0.3, 0.4) is 0 Å². The number of benzene rings is 1. The van der Waals surface area contributed by atoms with E-state index in [0.29, 0.717) is 6.42 Å². The van der Waals surface area contributed by atoms with Crippen LogP contribution in [0.15, 0.2) is 36.5 Å². The summed E-state index contributed by atoms with van der Waals surface area (Å²) in [5, 5.41) is 8.81. The SMILES string of the molecule is Cc1ccccc1CCc1ccnc(C(=O)O)n1. The first-order valence-corrected chi connectivity index (χ1v) is 5.76. The molecule has 0 aliphatic heterocycles. The Morgan fingerprint density at radius 1 is 1.22 bits per heavy atom. The molecule has 0 radical (unpaired) electrons. The van der Waals surface area contributed by atoms with E-state index in [1.165, 1.54) is 17.3 Å². The van der Waals surface area contributed by atoms with Crippen LogP contribution >= 0.6 is 0 Å². The lowest BCUT2D eigenvalue weighted by Crippen LogP contribution is -2.06. The molecule has 4 heteroatoms. The summed E-state index contributed by atoms with van der Waals surface area (Å²) in [5.74, 6) is -1.23. The van der Waals surface area contributed by atoms with E-state index in [0.717, 1.165) is 12.1 Å². The van der Waals surface area contributed by atoms with Gasteiger partial charge in [-0.15, -0.1) is 0 Å². The van der Waals surface area contributed by atoms with Crippen molar-refractivity contribution in [3.8, 4) is 0 Å². The molecule has 0 fully saturated rings. The van der Waals surface area contributed by atoms with Crippen molar-refractivity contribution in [1.82, 2.24) is 9.97 Å². The van der Waals surface area contributed by atoms with Crippen LogP contribution in [0.25, 0.3) is 0 Å². The van der Waals surface area contributed by atoms with E-state index < -0.39 is 5.97 Å². The molecule has 2 aromatic rings. The van der Waals surface area contributed by atoms with Crippen LogP contribution < -0.4 is 0 Å². The predicted molar refractivity (Wildman–Crippen MR) is 67.6 cm³/mol. The minimum absolute atomic E-state index is 0.141. The van der Waals surface area contributed by atoms with E-state index >= 15 is 0 Å². The number of carboxylic acids is 1. The summed E-state index contributed by atoms with van der Waals surface area (Å²) in [5.41, 5.74) is 3.25. The lowest BCUT2D eigenvalue weighted by atomic mass is 10.0. The number of carboxylic acid groups (broad SMARTS) is 1. The number of carbonyl (C=O) groups is 1. The molecule has 18 heavy (non-hydrogen) atoms. The van der Waals surface area contributed by atoms with Gasteiger partial charge in [0.25, 0.3) is 0 Å². The molecular weight excluding hydrogens is 228 g/mol. The second-order valence-electron chi connectivity index (χ2n) is 4.10. The van der Waals surface area contributed by atoms with Gasteiger partial charge in [-0.3, -0.25) is 0 Å². The van der Waals surface area contributed by atoms with Gasteiger partial charge in [0, 0.05) is 11.9 Å². The van der Waals surface area contributed by atoms with Crippen molar-refractivity contribution in [2.24, 2.45) is 0 Å². The Hall–Kier alpha value is -2.23. The van der Waals surface area contributed by atoms with Crippen molar-refractivity contribution in [2.45, 2.75) is 19.8 Å². The first kappa shape index (κ1) is 12.2. The van der Waals surface area contributed by atoms with Crippen LogP contribution in [0.5, 0.6) is 0 Å². The molecule has 0 aliphatic carbocycles. The van der Waals surface area contributed by atoms with Gasteiger partial charge in [0.05, 0.1) is 0 Å². The van der Waals surface area contributed by atoms with E-state index in [2.05, 4.69) is 29.0 Å². The first-order valence-electron chi connectivity index (χ1n) is 5.76. The molecule has 1 heterocycles. The Labute approximate surface area is 105 Å². The fraction of sp³-hybridized carbons (Fsp3) is 0.214. The average Bonchev–Trinajstić information content (AvgIpc) is 2.38. The summed E-state index contributed by atoms with van der Waals surface area (Å²) in [6.45, 7) is 2.07. The van der Waals surface area contributed by atoms with Crippen LogP contribution in [0.4, 0.5) is 0 Å². The monoisotopic (exact) mass is 242 g/mol. The molecule has 0 spiro atoms. The number of hydrogen-bond donors (Lipinski definition) is 1. The van der Waals surface area contributed by atoms with Gasteiger partial charge in [-0.1, -0.05) is 24.3 Å². The van der Waals surface area contributed by atoms with Gasteiger partial charge in [-0.25, -0.2) is 14.8 Å². The van der Waals surface area contributed by atoms with Crippen LogP contribution in [0.2, 0.25) is 0 Å². The standard InChI is InChI=1S/C14H14N2O2/c1-10-4-2-3-5-11(10)6-7-12-8-9-15-13(16-12)14(17)18/h2-5,8-9H,6-7H2,1H3,(H,17,18). The van der Waals surface area contributed by atoms with Gasteiger partial charge in [-0.2, -0.15) is 0 Å². The quantitative estimate of drug-likeness (QED) is 0.893. The number of nitrogens with zero attached hydrogens (tertiary/aromatic N) is 2. The van der Waals surface area contributed by atoms with E-state index in [-0.39, 0.29) is 5.82 Å². The van der Waals surface area contributed by atoms with E-state index in [1.807, 2.05) is 12.1 Å². The predicted octanol–water partition coefficient (Wildman–Crippen LogP) is 2.27. The van der Waals surface area contributed by atoms with Crippen LogP contribution in [-0.2, 0) is 12.8 Å². The fourth-order valence-electron chi connectivity index (χ4n) is 1.79. The van der Waals surface area contributed by atoms with Gasteiger partial charge < -0.3 is 5.11 Å². The minimum atomic E-state index is -1.09. The number of hydrogen-bond acceptors (Lipinski definition) is 3. The third-order valence-corrected chi connectivity index (χ3v) is 2.82. The highest BCUT2D eigenvalue weighted by atomic mass is 16.4. The summed E-state index contributed by atoms with van der Waals surface area (Å²) in [4.78, 5) is 18.5. The Balaban J connectivity index is 2.09. The van der Waals surface area contributed by atoms with Crippen LogP contribution in [-0.4, -0.2) is 21.0 Å². The molecule has 0 atom stereocenters. The zero-order valence-electron chi connectivity index (χ0n) is 10.1. The Morgan fingerprint density at radius 3 is 2.72 bits per heavy atom. The maximum atomic E-state index is 10.8. The molecule has 0 aliphatic rings. The smallest absolute Gasteiger partial charge is 0.373 e. The van der Waals surface area contributed by atoms with Gasteiger partial charge >= 0.3 is 5.97 Å². The van der Waals surface area contributed by atoms with Gasteiger partial charge in [0.1, 0.15) is 0 Å². The molecule has 4 nitrogen and oxygen atoms in total. The zero-order chi connectivity index (χ0) is 13.0. The van der Waals surface area contributed by atoms with Crippen molar-refractivity contribution in [2.75, 3.05) is 0 Å². The number of aryl methyl sites for hydroxylation is 3. The Bertz CT molecular complexity index is 567. The summed E-state index contributed by atoms with van der Waals surface area (Å²) in [6.07, 6.45) is 3.06. The molecule has 2 rings (SSSR count). The van der Waals surface area contributed by atoms with Gasteiger partial charge in [0.15, 0.2) is 0 Å². The maximum absolute atomic E-state index is 10.8. The Morgan fingerprint density at radius 2 is 2.00 bits per heavy atom. The lowest BCUT2D eigenvalue weighted by molar-refractivity contribution is 0.0683. The van der Waals surface area contributed by atoms with Crippen LogP contribution in [0.1, 0.15) is 27.4 Å². The zero-order valence-corrected chi connectivity index (χ0v) is 10.1.